The lowest BCUT2D eigenvalue weighted by Crippen LogP contribution is -2.37. The molecule has 61 heavy (non-hydrogen) atoms. The molecule has 0 amide bonds. The van der Waals surface area contributed by atoms with Crippen LogP contribution in [0.1, 0.15) is 168 Å². The third kappa shape index (κ3) is 48.3. The molecule has 2 atom stereocenters. The first-order valence-electron chi connectivity index (χ1n) is 24.0. The van der Waals surface area contributed by atoms with E-state index in [-0.39, 0.29) is 25.8 Å². The largest absolute Gasteiger partial charge is 0.756 e. The van der Waals surface area contributed by atoms with Gasteiger partial charge in [0.25, 0.3) is 7.82 Å². The summed E-state index contributed by atoms with van der Waals surface area (Å²) in [4.78, 5) is 25.1. The number of carbonyl (C=O) groups excluding carboxylic acids is 1. The molecule has 0 aromatic carbocycles. The number of esters is 1. The van der Waals surface area contributed by atoms with Crippen LogP contribution in [0.25, 0.3) is 0 Å². The van der Waals surface area contributed by atoms with Gasteiger partial charge in [0.05, 0.1) is 34.4 Å². The minimum Gasteiger partial charge on any atom is -0.756 e. The van der Waals surface area contributed by atoms with Crippen LogP contribution >= 0.6 is 7.82 Å². The van der Waals surface area contributed by atoms with Gasteiger partial charge in [-0.15, -0.1) is 0 Å². The van der Waals surface area contributed by atoms with Crippen LogP contribution in [0.2, 0.25) is 0 Å². The summed E-state index contributed by atoms with van der Waals surface area (Å²) < 4.78 is 34.6. The molecule has 0 bridgehead atoms. The molecule has 0 spiro atoms. The summed E-state index contributed by atoms with van der Waals surface area (Å²) in [6, 6.07) is 0. The van der Waals surface area contributed by atoms with Crippen LogP contribution in [-0.4, -0.2) is 70.7 Å². The van der Waals surface area contributed by atoms with E-state index in [0.717, 1.165) is 109 Å². The monoisotopic (exact) mass is 872 g/mol. The number of carbonyl (C=O) groups is 1. The molecule has 2 unspecified atom stereocenters. The highest BCUT2D eigenvalue weighted by Crippen LogP contribution is 2.38. The van der Waals surface area contributed by atoms with Crippen molar-refractivity contribution < 1.29 is 37.3 Å². The molecular weight excluding hydrogens is 782 g/mol. The smallest absolute Gasteiger partial charge is 0.306 e. The zero-order valence-electron chi connectivity index (χ0n) is 39.6. The van der Waals surface area contributed by atoms with E-state index in [1.54, 1.807) is 0 Å². The van der Waals surface area contributed by atoms with Crippen molar-refractivity contribution in [2.75, 3.05) is 54.1 Å². The Bertz CT molecular complexity index is 1290. The minimum atomic E-state index is -4.54. The third-order valence-electron chi connectivity index (χ3n) is 9.63. The summed E-state index contributed by atoms with van der Waals surface area (Å²) in [6.07, 6.45) is 60.0. The normalized spacial score (nSPS) is 14.5. The first kappa shape index (κ1) is 58.4. The zero-order chi connectivity index (χ0) is 44.8. The summed E-state index contributed by atoms with van der Waals surface area (Å²) in [6.45, 7) is 5.10. The number of nitrogens with zero attached hydrogens (tertiary/aromatic N) is 1. The van der Waals surface area contributed by atoms with Gasteiger partial charge in [-0.05, 0) is 89.9 Å². The molecule has 0 N–H and O–H groups in total. The van der Waals surface area contributed by atoms with E-state index in [9.17, 15) is 14.3 Å². The Morgan fingerprint density at radius 3 is 1.34 bits per heavy atom. The van der Waals surface area contributed by atoms with Crippen LogP contribution in [-0.2, 0) is 27.9 Å². The number of quaternary nitrogens is 1. The van der Waals surface area contributed by atoms with Gasteiger partial charge in [-0.2, -0.15) is 0 Å². The Balaban J connectivity index is 4.20. The molecule has 8 nitrogen and oxygen atoms in total. The fourth-order valence-corrected chi connectivity index (χ4v) is 6.73. The summed E-state index contributed by atoms with van der Waals surface area (Å²) in [5.74, 6) is -0.353. The molecular formula is C52H90NO7P. The minimum absolute atomic E-state index is 0.0147. The maximum Gasteiger partial charge on any atom is 0.306 e. The number of hydrogen-bond donors (Lipinski definition) is 0. The Hall–Kier alpha value is -2.58. The Morgan fingerprint density at radius 2 is 0.902 bits per heavy atom. The molecule has 0 rings (SSSR count). The van der Waals surface area contributed by atoms with Crippen LogP contribution in [0.3, 0.4) is 0 Å². The molecule has 0 heterocycles. The van der Waals surface area contributed by atoms with Crippen molar-refractivity contribution in [3.8, 4) is 0 Å². The van der Waals surface area contributed by atoms with E-state index in [1.165, 1.54) is 38.5 Å². The quantitative estimate of drug-likeness (QED) is 0.0198. The fourth-order valence-electron chi connectivity index (χ4n) is 6.00. The second-order valence-corrected chi connectivity index (χ2v) is 18.1. The lowest BCUT2D eigenvalue weighted by molar-refractivity contribution is -0.870. The van der Waals surface area contributed by atoms with Crippen molar-refractivity contribution in [3.63, 3.8) is 0 Å². The molecule has 0 aliphatic heterocycles. The fraction of sp³-hybridized carbons (Fsp3) is 0.673. The molecule has 0 aromatic rings. The molecule has 0 saturated heterocycles. The summed E-state index contributed by atoms with van der Waals surface area (Å²) in [7, 11) is 1.32. The van der Waals surface area contributed by atoms with Crippen LogP contribution in [0.15, 0.2) is 97.2 Å². The molecule has 0 saturated carbocycles. The maximum absolute atomic E-state index is 12.7. The second-order valence-electron chi connectivity index (χ2n) is 16.7. The Morgan fingerprint density at radius 1 is 0.508 bits per heavy atom. The molecule has 0 aliphatic rings. The van der Waals surface area contributed by atoms with Crippen LogP contribution in [0.5, 0.6) is 0 Å². The van der Waals surface area contributed by atoms with E-state index in [0.29, 0.717) is 24.1 Å². The SMILES string of the molecule is CC/C=C\C/C=C\C/C=C\C/C=C\C/C=C\CCCCCCCCCCCC(=O)OC(COCCCCCC/C=C\C/C=C\C/C=C\CC)COP(=O)([O-])OCC[N+](C)(C)C. The molecule has 350 valence electrons. The standard InChI is InChI=1S/C52H90NO7P/c1-6-8-10-12-14-16-18-20-22-23-24-25-26-27-28-29-30-31-32-33-35-37-39-41-43-45-52(54)60-51(50-59-61(55,56)58-48-46-53(3,4)5)49-57-47-44-42-40-38-36-34-21-19-17-15-13-11-9-7-2/h8-11,14-17,20-22,24-25,27-28,34,51H,6-7,12-13,18-19,23,26,29-33,35-50H2,1-5H3/b10-8-,11-9-,16-14-,17-15-,22-20-,25-24-,28-27-,34-21-. The number of allylic oxidation sites excluding steroid dienone is 16. The number of hydrogen-bond acceptors (Lipinski definition) is 7. The molecule has 0 aliphatic carbocycles. The van der Waals surface area contributed by atoms with Crippen LogP contribution in [0.4, 0.5) is 0 Å². The van der Waals surface area contributed by atoms with Gasteiger partial charge in [-0.25, -0.2) is 0 Å². The number of rotatable bonds is 43. The molecule has 0 radical (unpaired) electrons. The Kier molecular flexibility index (Phi) is 42.2. The predicted molar refractivity (Wildman–Crippen MR) is 258 cm³/mol. The van der Waals surface area contributed by atoms with E-state index >= 15 is 0 Å². The van der Waals surface area contributed by atoms with E-state index in [4.69, 9.17) is 18.5 Å². The number of unbranched alkanes of at least 4 members (excludes halogenated alkanes) is 13. The van der Waals surface area contributed by atoms with Crippen molar-refractivity contribution in [2.24, 2.45) is 0 Å². The first-order chi connectivity index (χ1) is 29.6. The van der Waals surface area contributed by atoms with Gasteiger partial charge in [0, 0.05) is 13.0 Å². The average Bonchev–Trinajstić information content (AvgIpc) is 3.22. The summed E-state index contributed by atoms with van der Waals surface area (Å²) >= 11 is 0. The number of likely N-dealkylation sites (N-methyl/N-ethyl adjacent to an activating group) is 1. The zero-order valence-corrected chi connectivity index (χ0v) is 40.5. The van der Waals surface area contributed by atoms with Gasteiger partial charge in [0.15, 0.2) is 0 Å². The van der Waals surface area contributed by atoms with Gasteiger partial charge >= 0.3 is 5.97 Å². The topological polar surface area (TPSA) is 94.1 Å². The first-order valence-corrected chi connectivity index (χ1v) is 25.4. The van der Waals surface area contributed by atoms with Crippen molar-refractivity contribution in [3.05, 3.63) is 97.2 Å². The average molecular weight is 872 g/mol. The predicted octanol–water partition coefficient (Wildman–Crippen LogP) is 14.0. The maximum atomic E-state index is 12.7. The van der Waals surface area contributed by atoms with E-state index in [2.05, 4.69) is 111 Å². The highest BCUT2D eigenvalue weighted by molar-refractivity contribution is 7.45. The van der Waals surface area contributed by atoms with Crippen LogP contribution in [0, 0.1) is 0 Å². The van der Waals surface area contributed by atoms with Gasteiger partial charge in [0.1, 0.15) is 19.3 Å². The molecule has 0 aromatic heterocycles. The molecule has 9 heteroatoms. The van der Waals surface area contributed by atoms with Gasteiger partial charge in [-0.3, -0.25) is 9.36 Å². The third-order valence-corrected chi connectivity index (χ3v) is 10.6. The van der Waals surface area contributed by atoms with E-state index < -0.39 is 13.9 Å². The van der Waals surface area contributed by atoms with Crippen molar-refractivity contribution in [1.29, 1.82) is 0 Å². The number of phosphoric acid groups is 1. The van der Waals surface area contributed by atoms with Gasteiger partial charge in [-0.1, -0.05) is 169 Å². The van der Waals surface area contributed by atoms with Crippen LogP contribution < -0.4 is 4.89 Å². The van der Waals surface area contributed by atoms with E-state index in [1.807, 2.05) is 21.1 Å². The Labute approximate surface area is 375 Å². The number of phosphoric ester groups is 1. The lowest BCUT2D eigenvalue weighted by atomic mass is 10.1. The number of ether oxygens (including phenoxy) is 2. The second kappa shape index (κ2) is 44.0. The van der Waals surface area contributed by atoms with Gasteiger partial charge in [0.2, 0.25) is 0 Å². The lowest BCUT2D eigenvalue weighted by Gasteiger charge is -2.28. The van der Waals surface area contributed by atoms with Crippen molar-refractivity contribution >= 4 is 13.8 Å². The van der Waals surface area contributed by atoms with Gasteiger partial charge < -0.3 is 27.9 Å². The highest BCUT2D eigenvalue weighted by atomic mass is 31.2. The van der Waals surface area contributed by atoms with Crippen molar-refractivity contribution in [1.82, 2.24) is 0 Å². The van der Waals surface area contributed by atoms with Crippen molar-refractivity contribution in [2.45, 2.75) is 174 Å². The molecule has 0 fully saturated rings. The summed E-state index contributed by atoms with van der Waals surface area (Å²) in [5, 5.41) is 0. The summed E-state index contributed by atoms with van der Waals surface area (Å²) in [5.41, 5.74) is 0. The highest BCUT2D eigenvalue weighted by Gasteiger charge is 2.20.